The van der Waals surface area contributed by atoms with E-state index in [-0.39, 0.29) is 59.3 Å². The first-order chi connectivity index (χ1) is 25.0. The van der Waals surface area contributed by atoms with Crippen LogP contribution in [-0.4, -0.2) is 89.6 Å². The highest BCUT2D eigenvalue weighted by Gasteiger charge is 2.68. The number of benzene rings is 1. The van der Waals surface area contributed by atoms with Crippen LogP contribution in [0.1, 0.15) is 95.0 Å². The van der Waals surface area contributed by atoms with Crippen molar-refractivity contribution in [2.75, 3.05) is 13.1 Å². The Balaban J connectivity index is 1.33. The van der Waals surface area contributed by atoms with Crippen LogP contribution < -0.4 is 5.32 Å². The van der Waals surface area contributed by atoms with Crippen LogP contribution in [-0.2, 0) is 22.6 Å². The van der Waals surface area contributed by atoms with Crippen molar-refractivity contribution in [1.82, 2.24) is 34.9 Å². The fraction of sp³-hybridized carbons (Fsp3) is 0.537. The second-order valence-electron chi connectivity index (χ2n) is 17.1. The van der Waals surface area contributed by atoms with Gasteiger partial charge in [0.15, 0.2) is 5.78 Å². The van der Waals surface area contributed by atoms with E-state index in [1.165, 1.54) is 11.8 Å². The third-order valence-electron chi connectivity index (χ3n) is 11.4. The number of nitrogens with one attached hydrogen (secondary N) is 1. The van der Waals surface area contributed by atoms with Gasteiger partial charge in [-0.15, -0.1) is 13.2 Å². The van der Waals surface area contributed by atoms with Crippen molar-refractivity contribution < 1.29 is 24.3 Å². The number of amides is 3. The summed E-state index contributed by atoms with van der Waals surface area (Å²) in [7, 11) is 0. The van der Waals surface area contributed by atoms with Crippen LogP contribution in [0, 0.1) is 23.2 Å². The van der Waals surface area contributed by atoms with Crippen LogP contribution in [0.3, 0.4) is 0 Å². The maximum atomic E-state index is 14.6. The quantitative estimate of drug-likeness (QED) is 0.136. The van der Waals surface area contributed by atoms with Gasteiger partial charge in [-0.3, -0.25) is 19.1 Å². The molecule has 3 aromatic rings. The highest BCUT2D eigenvalue weighted by atomic mass is 16.4. The maximum Gasteiger partial charge on any atom is 0.407 e. The Hall–Kier alpha value is -4.87. The Bertz CT molecular complexity index is 1960. The lowest BCUT2D eigenvalue weighted by molar-refractivity contribution is -0.141. The largest absolute Gasteiger partial charge is 0.465 e. The predicted octanol–water partition coefficient (Wildman–Crippen LogP) is 6.37. The zero-order valence-corrected chi connectivity index (χ0v) is 31.9. The van der Waals surface area contributed by atoms with Gasteiger partial charge in [-0.05, 0) is 86.0 Å². The van der Waals surface area contributed by atoms with E-state index in [1.54, 1.807) is 28.1 Å². The lowest BCUT2D eigenvalue weighted by Crippen LogP contribution is -2.55. The molecule has 2 N–H and O–H groups in total. The smallest absolute Gasteiger partial charge is 0.407 e. The predicted molar refractivity (Wildman–Crippen MR) is 203 cm³/mol. The molecule has 1 aromatic carbocycles. The normalized spacial score (nSPS) is 21.8. The van der Waals surface area contributed by atoms with E-state index in [9.17, 15) is 24.3 Å². The summed E-state index contributed by atoms with van der Waals surface area (Å²) < 4.78 is 1.58. The van der Waals surface area contributed by atoms with Crippen molar-refractivity contribution in [2.24, 2.45) is 16.2 Å². The SMILES string of the molecule is C=CCCC(C)(C)CN(C[C@@]12C[C@@H](C(=O)NC3CC(C)(C)C3)N(C(=O)Cn3nc(C(C)=O)c4cc(-c5cnc(C)nc5)cc(CC=C)c43)[C@@H]1C2)C(=O)O. The number of piperidine rings is 1. The van der Waals surface area contributed by atoms with Crippen LogP contribution in [0.2, 0.25) is 0 Å². The van der Waals surface area contributed by atoms with Gasteiger partial charge in [0.1, 0.15) is 24.1 Å². The zero-order valence-electron chi connectivity index (χ0n) is 31.9. The van der Waals surface area contributed by atoms with Gasteiger partial charge < -0.3 is 20.2 Å². The molecule has 3 heterocycles. The molecule has 0 bridgehead atoms. The summed E-state index contributed by atoms with van der Waals surface area (Å²) in [4.78, 5) is 66.0. The highest BCUT2D eigenvalue weighted by Crippen LogP contribution is 2.60. The molecule has 6 rings (SSSR count). The van der Waals surface area contributed by atoms with Crippen LogP contribution in [0.5, 0.6) is 0 Å². The summed E-state index contributed by atoms with van der Waals surface area (Å²) in [5.74, 6) is -0.0942. The van der Waals surface area contributed by atoms with Crippen molar-refractivity contribution in [3.63, 3.8) is 0 Å². The molecule has 53 heavy (non-hydrogen) atoms. The number of rotatable bonds is 15. The molecule has 3 aliphatic rings. The standard InChI is InChI=1S/C41H53N7O5/c1-9-11-13-39(5,6)23-46(38(52)53)24-41-18-32(37(51)44-30-16-40(7,8)17-30)48(33(41)19-41)34(50)22-47-36-27(12-10-2)14-28(29-20-42-26(4)43-21-29)15-31(36)35(45-47)25(3)49/h9-10,14-15,20-21,30,32-33H,1-2,11-13,16-19,22-24H2,3-8H3,(H,44,51)(H,52,53)/t32-,33+,41-/m0/s1. The Morgan fingerprint density at radius 3 is 2.36 bits per heavy atom. The lowest BCUT2D eigenvalue weighted by atomic mass is 9.68. The molecule has 3 atom stereocenters. The van der Waals surface area contributed by atoms with E-state index in [0.29, 0.717) is 42.5 Å². The van der Waals surface area contributed by atoms with Crippen LogP contribution >= 0.6 is 0 Å². The van der Waals surface area contributed by atoms with E-state index >= 15 is 0 Å². The van der Waals surface area contributed by atoms with Gasteiger partial charge in [-0.1, -0.05) is 39.8 Å². The highest BCUT2D eigenvalue weighted by molar-refractivity contribution is 6.07. The third-order valence-corrected chi connectivity index (χ3v) is 11.4. The molecule has 3 amide bonds. The van der Waals surface area contributed by atoms with Crippen LogP contribution in [0.25, 0.3) is 22.0 Å². The molecule has 12 nitrogen and oxygen atoms in total. The first-order valence-corrected chi connectivity index (χ1v) is 18.6. The van der Waals surface area contributed by atoms with Crippen molar-refractivity contribution in [3.8, 4) is 11.1 Å². The average molecular weight is 724 g/mol. The number of fused-ring (bicyclic) bond motifs is 2. The van der Waals surface area contributed by atoms with Gasteiger partial charge in [0.2, 0.25) is 11.8 Å². The minimum absolute atomic E-state index is 0.0336. The molecular formula is C41H53N7O5. The van der Waals surface area contributed by atoms with Gasteiger partial charge in [-0.2, -0.15) is 5.10 Å². The Labute approximate surface area is 311 Å². The molecule has 3 fully saturated rings. The minimum atomic E-state index is -1.01. The molecule has 0 radical (unpaired) electrons. The van der Waals surface area contributed by atoms with Crippen LogP contribution in [0.15, 0.2) is 49.8 Å². The van der Waals surface area contributed by atoms with E-state index in [4.69, 9.17) is 5.10 Å². The number of ketones is 1. The lowest BCUT2D eigenvalue weighted by Gasteiger charge is -2.43. The first-order valence-electron chi connectivity index (χ1n) is 18.6. The van der Waals surface area contributed by atoms with Crippen molar-refractivity contribution in [2.45, 2.75) is 111 Å². The monoisotopic (exact) mass is 723 g/mol. The zero-order chi connectivity index (χ0) is 38.5. The Morgan fingerprint density at radius 1 is 1.06 bits per heavy atom. The summed E-state index contributed by atoms with van der Waals surface area (Å²) >= 11 is 0. The number of likely N-dealkylation sites (tertiary alicyclic amines) is 1. The van der Waals surface area contributed by atoms with Gasteiger partial charge in [0.25, 0.3) is 0 Å². The number of Topliss-reactive ketones (excluding diaryl/α,β-unsaturated/α-hetero) is 1. The minimum Gasteiger partial charge on any atom is -0.465 e. The topological polar surface area (TPSA) is 151 Å². The number of allylic oxidation sites excluding steroid dienone is 2. The summed E-state index contributed by atoms with van der Waals surface area (Å²) in [6.45, 7) is 19.9. The number of hydrogen-bond donors (Lipinski definition) is 2. The van der Waals surface area contributed by atoms with Crippen molar-refractivity contribution in [1.29, 1.82) is 0 Å². The average Bonchev–Trinajstić information content (AvgIpc) is 3.46. The Kier molecular flexibility index (Phi) is 10.1. The van der Waals surface area contributed by atoms with Gasteiger partial charge in [0.05, 0.1) is 5.52 Å². The number of aromatic nitrogens is 4. The molecule has 2 saturated carbocycles. The van der Waals surface area contributed by atoms with E-state index < -0.39 is 17.6 Å². The Morgan fingerprint density at radius 2 is 1.75 bits per heavy atom. The summed E-state index contributed by atoms with van der Waals surface area (Å²) in [6.07, 6.45) is 10.8. The summed E-state index contributed by atoms with van der Waals surface area (Å²) in [5.41, 5.74) is 2.67. The third kappa shape index (κ3) is 7.77. The van der Waals surface area contributed by atoms with Gasteiger partial charge >= 0.3 is 6.09 Å². The van der Waals surface area contributed by atoms with Gasteiger partial charge in [0, 0.05) is 60.9 Å². The molecule has 0 unspecified atom stereocenters. The fourth-order valence-corrected chi connectivity index (χ4v) is 8.78. The molecule has 2 aliphatic carbocycles. The number of aryl methyl sites for hydroxylation is 1. The number of carbonyl (C=O) groups is 4. The summed E-state index contributed by atoms with van der Waals surface area (Å²) in [6, 6.07) is 2.86. The van der Waals surface area contributed by atoms with E-state index in [0.717, 1.165) is 42.4 Å². The van der Waals surface area contributed by atoms with Gasteiger partial charge in [-0.25, -0.2) is 14.8 Å². The van der Waals surface area contributed by atoms with E-state index in [2.05, 4.69) is 56.1 Å². The molecule has 1 saturated heterocycles. The molecule has 1 aliphatic heterocycles. The molecule has 2 aromatic heterocycles. The number of carbonyl (C=O) groups excluding carboxylic acids is 3. The molecule has 282 valence electrons. The van der Waals surface area contributed by atoms with Crippen LogP contribution in [0.4, 0.5) is 4.79 Å². The number of carboxylic acid groups (broad SMARTS) is 1. The molecule has 12 heteroatoms. The first kappa shape index (κ1) is 37.9. The van der Waals surface area contributed by atoms with E-state index in [1.807, 2.05) is 25.1 Å². The number of nitrogens with zero attached hydrogens (tertiary/aromatic N) is 6. The molecular weight excluding hydrogens is 670 g/mol. The second kappa shape index (κ2) is 14.2. The fourth-order valence-electron chi connectivity index (χ4n) is 8.78. The van der Waals surface area contributed by atoms with Crippen molar-refractivity contribution in [3.05, 3.63) is 66.9 Å². The van der Waals surface area contributed by atoms with Crippen molar-refractivity contribution >= 4 is 34.6 Å². The maximum absolute atomic E-state index is 14.6. The molecule has 0 spiro atoms. The number of hydrogen-bond acceptors (Lipinski definition) is 7. The summed E-state index contributed by atoms with van der Waals surface area (Å²) in [5, 5.41) is 18.8. The second-order valence-corrected chi connectivity index (χ2v) is 17.1.